The molecule has 1 heterocycles. The first-order chi connectivity index (χ1) is 4.79. The topological polar surface area (TPSA) is 48.6 Å². The highest BCUT2D eigenvalue weighted by Gasteiger charge is 1.74. The lowest BCUT2D eigenvalue weighted by molar-refractivity contribution is 1.09. The first kappa shape index (κ1) is 9.10. The summed E-state index contributed by atoms with van der Waals surface area (Å²) in [6.07, 6.45) is 1.50. The van der Waals surface area contributed by atoms with Gasteiger partial charge in [-0.3, -0.25) is 9.78 Å². The summed E-state index contributed by atoms with van der Waals surface area (Å²) in [4.78, 5) is 15.4. The van der Waals surface area contributed by atoms with Gasteiger partial charge in [0.15, 0.2) is 4.77 Å². The minimum Gasteiger partial charge on any atom is -0.339 e. The van der Waals surface area contributed by atoms with Crippen LogP contribution in [0.5, 0.6) is 0 Å². The molecule has 1 aromatic rings. The standard InChI is InChI=1S/C4H4N2OS.C2H6/c7-3-1-2-5-4(8)6-3;1-2/h1-2H,(H2,5,6,7,8);1-2H3. The van der Waals surface area contributed by atoms with Gasteiger partial charge in [-0.15, -0.1) is 0 Å². The quantitative estimate of drug-likeness (QED) is 0.561. The van der Waals surface area contributed by atoms with E-state index < -0.39 is 0 Å². The number of H-pyrrole nitrogens is 2. The van der Waals surface area contributed by atoms with Gasteiger partial charge < -0.3 is 4.98 Å². The molecular formula is C6H10N2OS. The summed E-state index contributed by atoms with van der Waals surface area (Å²) in [6, 6.07) is 1.37. The summed E-state index contributed by atoms with van der Waals surface area (Å²) in [7, 11) is 0. The molecule has 0 aliphatic carbocycles. The first-order valence-electron chi connectivity index (χ1n) is 3.07. The molecule has 0 aliphatic heterocycles. The van der Waals surface area contributed by atoms with Crippen LogP contribution in [0.3, 0.4) is 0 Å². The summed E-state index contributed by atoms with van der Waals surface area (Å²) >= 11 is 4.59. The Bertz CT molecular complexity index is 250. The van der Waals surface area contributed by atoms with E-state index in [0.29, 0.717) is 4.77 Å². The van der Waals surface area contributed by atoms with Crippen molar-refractivity contribution in [3.63, 3.8) is 0 Å². The molecule has 4 heteroatoms. The molecule has 0 saturated carbocycles. The molecule has 0 aromatic carbocycles. The average molecular weight is 158 g/mol. The Morgan fingerprint density at radius 3 is 2.40 bits per heavy atom. The molecule has 0 spiro atoms. The highest BCUT2D eigenvalue weighted by molar-refractivity contribution is 7.71. The van der Waals surface area contributed by atoms with Gasteiger partial charge in [0.25, 0.3) is 5.56 Å². The smallest absolute Gasteiger partial charge is 0.251 e. The van der Waals surface area contributed by atoms with E-state index in [0.717, 1.165) is 0 Å². The maximum absolute atomic E-state index is 10.3. The van der Waals surface area contributed by atoms with Crippen LogP contribution in [0.25, 0.3) is 0 Å². The van der Waals surface area contributed by atoms with Gasteiger partial charge in [0, 0.05) is 12.3 Å². The lowest BCUT2D eigenvalue weighted by Crippen LogP contribution is -2.02. The number of nitrogens with one attached hydrogen (secondary N) is 2. The van der Waals surface area contributed by atoms with Crippen molar-refractivity contribution in [1.29, 1.82) is 0 Å². The monoisotopic (exact) mass is 158 g/mol. The summed E-state index contributed by atoms with van der Waals surface area (Å²) in [6.45, 7) is 4.00. The van der Waals surface area contributed by atoms with Gasteiger partial charge in [-0.05, 0) is 12.2 Å². The Morgan fingerprint density at radius 2 is 2.10 bits per heavy atom. The Labute approximate surface area is 64.1 Å². The molecule has 1 rings (SSSR count). The van der Waals surface area contributed by atoms with Crippen molar-refractivity contribution >= 4 is 12.2 Å². The van der Waals surface area contributed by atoms with Crippen LogP contribution in [-0.2, 0) is 0 Å². The van der Waals surface area contributed by atoms with E-state index in [4.69, 9.17) is 0 Å². The van der Waals surface area contributed by atoms with Crippen LogP contribution in [0.15, 0.2) is 17.1 Å². The highest BCUT2D eigenvalue weighted by Crippen LogP contribution is 1.67. The van der Waals surface area contributed by atoms with Crippen LogP contribution in [0.4, 0.5) is 0 Å². The second kappa shape index (κ2) is 4.93. The maximum Gasteiger partial charge on any atom is 0.251 e. The molecule has 0 saturated heterocycles. The molecular weight excluding hydrogens is 148 g/mol. The van der Waals surface area contributed by atoms with Crippen molar-refractivity contribution in [2.75, 3.05) is 0 Å². The second-order valence-corrected chi connectivity index (χ2v) is 1.70. The molecule has 0 amide bonds. The number of rotatable bonds is 0. The summed E-state index contributed by atoms with van der Waals surface area (Å²) < 4.78 is 0.359. The van der Waals surface area contributed by atoms with Gasteiger partial charge in [0.2, 0.25) is 0 Å². The minimum atomic E-state index is -0.172. The van der Waals surface area contributed by atoms with Crippen molar-refractivity contribution in [3.8, 4) is 0 Å². The second-order valence-electron chi connectivity index (χ2n) is 1.30. The number of aromatic amines is 2. The molecule has 56 valence electrons. The summed E-state index contributed by atoms with van der Waals surface area (Å²) in [5, 5.41) is 0. The third-order valence-corrected chi connectivity index (χ3v) is 0.906. The Hall–Kier alpha value is -0.900. The maximum atomic E-state index is 10.3. The van der Waals surface area contributed by atoms with Crippen molar-refractivity contribution in [3.05, 3.63) is 27.4 Å². The SMILES string of the molecule is CC.O=c1cc[nH]c(=S)[nH]1. The van der Waals surface area contributed by atoms with Crippen LogP contribution in [-0.4, -0.2) is 9.97 Å². The minimum absolute atomic E-state index is 0.172. The largest absolute Gasteiger partial charge is 0.339 e. The fourth-order valence-electron chi connectivity index (χ4n) is 0.383. The highest BCUT2D eigenvalue weighted by atomic mass is 32.1. The lowest BCUT2D eigenvalue weighted by Gasteiger charge is -1.78. The van der Waals surface area contributed by atoms with Crippen molar-refractivity contribution in [2.45, 2.75) is 13.8 Å². The van der Waals surface area contributed by atoms with E-state index in [9.17, 15) is 4.79 Å². The molecule has 0 fully saturated rings. The molecule has 3 nitrogen and oxygen atoms in total. The van der Waals surface area contributed by atoms with Gasteiger partial charge in [0.05, 0.1) is 0 Å². The van der Waals surface area contributed by atoms with Crippen LogP contribution in [0.2, 0.25) is 0 Å². The van der Waals surface area contributed by atoms with Crippen LogP contribution >= 0.6 is 12.2 Å². The molecule has 0 bridgehead atoms. The number of hydrogen-bond donors (Lipinski definition) is 2. The van der Waals surface area contributed by atoms with Gasteiger partial charge in [-0.2, -0.15) is 0 Å². The third kappa shape index (κ3) is 3.19. The molecule has 0 radical (unpaired) electrons. The van der Waals surface area contributed by atoms with E-state index in [2.05, 4.69) is 22.2 Å². The summed E-state index contributed by atoms with van der Waals surface area (Å²) in [5.74, 6) is 0. The van der Waals surface area contributed by atoms with Crippen molar-refractivity contribution in [1.82, 2.24) is 9.97 Å². The van der Waals surface area contributed by atoms with Crippen molar-refractivity contribution < 1.29 is 0 Å². The molecule has 0 aliphatic rings. The molecule has 1 aromatic heterocycles. The van der Waals surface area contributed by atoms with E-state index in [1.165, 1.54) is 12.3 Å². The van der Waals surface area contributed by atoms with Gasteiger partial charge in [0.1, 0.15) is 0 Å². The molecule has 2 N–H and O–H groups in total. The van der Waals surface area contributed by atoms with Gasteiger partial charge in [-0.1, -0.05) is 13.8 Å². The van der Waals surface area contributed by atoms with E-state index >= 15 is 0 Å². The number of aromatic nitrogens is 2. The Kier molecular flexibility index (Phi) is 4.49. The Morgan fingerprint density at radius 1 is 1.50 bits per heavy atom. The number of hydrogen-bond acceptors (Lipinski definition) is 2. The molecule has 0 atom stereocenters. The average Bonchev–Trinajstić information content (AvgIpc) is 1.91. The normalized spacial score (nSPS) is 7.80. The fraction of sp³-hybridized carbons (Fsp3) is 0.333. The first-order valence-corrected chi connectivity index (χ1v) is 3.48. The lowest BCUT2D eigenvalue weighted by atomic mass is 10.7. The van der Waals surface area contributed by atoms with E-state index in [-0.39, 0.29) is 5.56 Å². The predicted molar refractivity (Wildman–Crippen MR) is 43.6 cm³/mol. The predicted octanol–water partition coefficient (Wildman–Crippen LogP) is 1.46. The summed E-state index contributed by atoms with van der Waals surface area (Å²) in [5.41, 5.74) is -0.172. The van der Waals surface area contributed by atoms with Crippen molar-refractivity contribution in [2.24, 2.45) is 0 Å². The molecule has 0 unspecified atom stereocenters. The van der Waals surface area contributed by atoms with E-state index in [1.54, 1.807) is 0 Å². The van der Waals surface area contributed by atoms with Crippen LogP contribution in [0, 0.1) is 4.77 Å². The third-order valence-electron chi connectivity index (χ3n) is 0.686. The van der Waals surface area contributed by atoms with Gasteiger partial charge >= 0.3 is 0 Å². The van der Waals surface area contributed by atoms with Crippen LogP contribution in [0.1, 0.15) is 13.8 Å². The Balaban J connectivity index is 0.000000371. The van der Waals surface area contributed by atoms with Crippen LogP contribution < -0.4 is 5.56 Å². The zero-order chi connectivity index (χ0) is 7.98. The molecule has 10 heavy (non-hydrogen) atoms. The van der Waals surface area contributed by atoms with Gasteiger partial charge in [-0.25, -0.2) is 0 Å². The van der Waals surface area contributed by atoms with E-state index in [1.807, 2.05) is 13.8 Å². The zero-order valence-corrected chi connectivity index (χ0v) is 6.79. The fourth-order valence-corrected chi connectivity index (χ4v) is 0.551. The zero-order valence-electron chi connectivity index (χ0n) is 5.97.